The van der Waals surface area contributed by atoms with Gasteiger partial charge in [-0.25, -0.2) is 18.1 Å². The molecule has 2 aliphatic heterocycles. The van der Waals surface area contributed by atoms with Gasteiger partial charge in [-0.1, -0.05) is 0 Å². The minimum atomic E-state index is -3.58. The summed E-state index contributed by atoms with van der Waals surface area (Å²) in [7, 11) is -3.58. The maximum absolute atomic E-state index is 12.6. The molecule has 0 aliphatic carbocycles. The first-order valence-electron chi connectivity index (χ1n) is 8.01. The van der Waals surface area contributed by atoms with Crippen LogP contribution in [0.2, 0.25) is 0 Å². The van der Waals surface area contributed by atoms with Crippen LogP contribution >= 0.6 is 0 Å². The average Bonchev–Trinajstić information content (AvgIpc) is 2.81. The van der Waals surface area contributed by atoms with E-state index in [0.717, 1.165) is 4.90 Å². The molecule has 0 atom stereocenters. The molecule has 9 heteroatoms. The fourth-order valence-electron chi connectivity index (χ4n) is 2.76. The molecule has 0 unspecified atom stereocenters. The molecule has 2 heterocycles. The highest BCUT2D eigenvalue weighted by Crippen LogP contribution is 2.27. The Morgan fingerprint density at radius 1 is 1.20 bits per heavy atom. The number of hydrogen-bond donors (Lipinski definition) is 0. The van der Waals surface area contributed by atoms with E-state index in [1.165, 1.54) is 16.4 Å². The van der Waals surface area contributed by atoms with Crippen molar-refractivity contribution in [3.63, 3.8) is 0 Å². The van der Waals surface area contributed by atoms with Crippen molar-refractivity contribution in [2.45, 2.75) is 24.8 Å². The van der Waals surface area contributed by atoms with Crippen LogP contribution in [0.25, 0.3) is 0 Å². The van der Waals surface area contributed by atoms with E-state index in [9.17, 15) is 18.0 Å². The Hall–Kier alpha value is -2.13. The minimum absolute atomic E-state index is 0.0126. The second kappa shape index (κ2) is 6.64. The Bertz CT molecular complexity index is 752. The number of sulfonamides is 1. The topological polar surface area (TPSA) is 93.2 Å². The van der Waals surface area contributed by atoms with Crippen molar-refractivity contribution in [2.24, 2.45) is 5.92 Å². The molecule has 25 heavy (non-hydrogen) atoms. The highest BCUT2D eigenvalue weighted by Gasteiger charge is 2.41. The van der Waals surface area contributed by atoms with Crippen LogP contribution in [0.1, 0.15) is 13.8 Å². The van der Waals surface area contributed by atoms with Crippen LogP contribution in [-0.2, 0) is 19.6 Å². The van der Waals surface area contributed by atoms with Gasteiger partial charge in [-0.2, -0.15) is 4.31 Å². The van der Waals surface area contributed by atoms with Gasteiger partial charge in [-0.05, 0) is 38.1 Å². The monoisotopic (exact) mass is 368 g/mol. The Morgan fingerprint density at radius 2 is 1.84 bits per heavy atom. The Labute approximate surface area is 146 Å². The van der Waals surface area contributed by atoms with Gasteiger partial charge in [-0.3, -0.25) is 4.79 Å². The maximum atomic E-state index is 12.6. The molecular weight excluding hydrogens is 348 g/mol. The van der Waals surface area contributed by atoms with Gasteiger partial charge in [0.15, 0.2) is 6.61 Å². The lowest BCUT2D eigenvalue weighted by molar-refractivity contribution is -0.126. The van der Waals surface area contributed by atoms with Crippen LogP contribution in [-0.4, -0.2) is 62.0 Å². The van der Waals surface area contributed by atoms with Gasteiger partial charge in [0.2, 0.25) is 10.0 Å². The van der Waals surface area contributed by atoms with Crippen LogP contribution in [0.15, 0.2) is 29.2 Å². The minimum Gasteiger partial charge on any atom is -0.491 e. The summed E-state index contributed by atoms with van der Waals surface area (Å²) in [5, 5.41) is 0. The summed E-state index contributed by atoms with van der Waals surface area (Å²) in [6.07, 6.45) is -0.648. The highest BCUT2D eigenvalue weighted by atomic mass is 32.2. The Kier molecular flexibility index (Phi) is 4.70. The van der Waals surface area contributed by atoms with Gasteiger partial charge < -0.3 is 9.47 Å². The van der Waals surface area contributed by atoms with E-state index in [0.29, 0.717) is 5.75 Å². The summed E-state index contributed by atoms with van der Waals surface area (Å²) in [5.41, 5.74) is 0. The SMILES string of the molecule is CC(C)Oc1ccc(S(=O)(=O)N2CC(CN3C(=O)COC3=O)C2)cc1. The predicted octanol–water partition coefficient (Wildman–Crippen LogP) is 1.07. The summed E-state index contributed by atoms with van der Waals surface area (Å²) in [6, 6.07) is 6.29. The van der Waals surface area contributed by atoms with Crippen molar-refractivity contribution in [1.29, 1.82) is 0 Å². The molecule has 2 amide bonds. The lowest BCUT2D eigenvalue weighted by Gasteiger charge is -2.39. The van der Waals surface area contributed by atoms with Crippen molar-refractivity contribution in [3.05, 3.63) is 24.3 Å². The van der Waals surface area contributed by atoms with E-state index in [4.69, 9.17) is 4.74 Å². The number of imide groups is 1. The van der Waals surface area contributed by atoms with Crippen LogP contribution < -0.4 is 4.74 Å². The van der Waals surface area contributed by atoms with Crippen molar-refractivity contribution in [2.75, 3.05) is 26.2 Å². The van der Waals surface area contributed by atoms with E-state index in [1.54, 1.807) is 12.1 Å². The number of carbonyl (C=O) groups excluding carboxylic acids is 2. The molecule has 2 saturated heterocycles. The Balaban J connectivity index is 1.59. The molecule has 0 N–H and O–H groups in total. The first kappa shape index (κ1) is 17.7. The number of amides is 2. The third-order valence-electron chi connectivity index (χ3n) is 4.04. The lowest BCUT2D eigenvalue weighted by Crippen LogP contribution is -2.54. The van der Waals surface area contributed by atoms with Gasteiger partial charge >= 0.3 is 6.09 Å². The Morgan fingerprint density at radius 3 is 2.36 bits per heavy atom. The van der Waals surface area contributed by atoms with E-state index in [-0.39, 0.29) is 49.1 Å². The number of benzene rings is 1. The molecule has 3 rings (SSSR count). The summed E-state index contributed by atoms with van der Waals surface area (Å²) in [6.45, 7) is 4.27. The standard InChI is InChI=1S/C16H20N2O6S/c1-11(2)24-13-3-5-14(6-4-13)25(21,22)17-7-12(8-17)9-18-15(19)10-23-16(18)20/h3-6,11-12H,7-10H2,1-2H3. The number of rotatable bonds is 6. The second-order valence-corrected chi connectivity index (χ2v) is 8.32. The third-order valence-corrected chi connectivity index (χ3v) is 5.88. The zero-order valence-electron chi connectivity index (χ0n) is 14.0. The number of carbonyl (C=O) groups is 2. The largest absolute Gasteiger partial charge is 0.491 e. The molecule has 136 valence electrons. The van der Waals surface area contributed by atoms with Gasteiger partial charge in [0.05, 0.1) is 11.0 Å². The summed E-state index contributed by atoms with van der Waals surface area (Å²) >= 11 is 0. The molecule has 0 saturated carbocycles. The van der Waals surface area contributed by atoms with E-state index >= 15 is 0 Å². The summed E-state index contributed by atoms with van der Waals surface area (Å²) < 4.78 is 36.6. The van der Waals surface area contributed by atoms with Gasteiger partial charge in [0.1, 0.15) is 5.75 Å². The van der Waals surface area contributed by atoms with Crippen molar-refractivity contribution < 1.29 is 27.5 Å². The normalized spacial score (nSPS) is 19.2. The van der Waals surface area contributed by atoms with Crippen molar-refractivity contribution >= 4 is 22.0 Å². The molecule has 0 bridgehead atoms. The van der Waals surface area contributed by atoms with Gasteiger partial charge in [0, 0.05) is 25.6 Å². The third kappa shape index (κ3) is 3.62. The zero-order chi connectivity index (χ0) is 18.2. The molecule has 2 aliphatic rings. The average molecular weight is 368 g/mol. The zero-order valence-corrected chi connectivity index (χ0v) is 14.9. The summed E-state index contributed by atoms with van der Waals surface area (Å²) in [5.74, 6) is 0.154. The molecule has 1 aromatic carbocycles. The fourth-order valence-corrected chi connectivity index (χ4v) is 4.35. The lowest BCUT2D eigenvalue weighted by atomic mass is 10.0. The summed E-state index contributed by atoms with van der Waals surface area (Å²) in [4.78, 5) is 24.1. The molecule has 0 spiro atoms. The first-order valence-corrected chi connectivity index (χ1v) is 9.45. The molecule has 8 nitrogen and oxygen atoms in total. The van der Waals surface area contributed by atoms with Gasteiger partial charge in [0.25, 0.3) is 5.91 Å². The van der Waals surface area contributed by atoms with Crippen LogP contribution in [0.3, 0.4) is 0 Å². The van der Waals surface area contributed by atoms with Crippen molar-refractivity contribution in [1.82, 2.24) is 9.21 Å². The van der Waals surface area contributed by atoms with Crippen LogP contribution in [0, 0.1) is 5.92 Å². The van der Waals surface area contributed by atoms with E-state index in [1.807, 2.05) is 13.8 Å². The van der Waals surface area contributed by atoms with E-state index in [2.05, 4.69) is 4.74 Å². The second-order valence-electron chi connectivity index (χ2n) is 6.38. The van der Waals surface area contributed by atoms with Gasteiger partial charge in [-0.15, -0.1) is 0 Å². The smallest absolute Gasteiger partial charge is 0.417 e. The maximum Gasteiger partial charge on any atom is 0.417 e. The fraction of sp³-hybridized carbons (Fsp3) is 0.500. The van der Waals surface area contributed by atoms with Crippen LogP contribution in [0.4, 0.5) is 4.79 Å². The first-order chi connectivity index (χ1) is 11.8. The van der Waals surface area contributed by atoms with Crippen LogP contribution in [0.5, 0.6) is 5.75 Å². The quantitative estimate of drug-likeness (QED) is 0.746. The molecule has 0 radical (unpaired) electrons. The number of nitrogens with zero attached hydrogens (tertiary/aromatic N) is 2. The number of cyclic esters (lactones) is 1. The van der Waals surface area contributed by atoms with Crippen molar-refractivity contribution in [3.8, 4) is 5.75 Å². The molecule has 1 aromatic rings. The molecule has 0 aromatic heterocycles. The highest BCUT2D eigenvalue weighted by molar-refractivity contribution is 7.89. The molecule has 2 fully saturated rings. The van der Waals surface area contributed by atoms with E-state index < -0.39 is 16.1 Å². The number of ether oxygens (including phenoxy) is 2. The molecular formula is C16H20N2O6S. The predicted molar refractivity (Wildman–Crippen MR) is 87.5 cm³/mol. The number of hydrogen-bond acceptors (Lipinski definition) is 6.